The Hall–Kier alpha value is -1.59. The van der Waals surface area contributed by atoms with Crippen molar-refractivity contribution in [3.8, 4) is 12.3 Å². The van der Waals surface area contributed by atoms with E-state index in [1.54, 1.807) is 0 Å². The van der Waals surface area contributed by atoms with E-state index in [2.05, 4.69) is 55.9 Å². The second kappa shape index (κ2) is 8.00. The van der Waals surface area contributed by atoms with Gasteiger partial charge in [0.2, 0.25) is 0 Å². The van der Waals surface area contributed by atoms with Crippen LogP contribution in [0.1, 0.15) is 38.8 Å². The van der Waals surface area contributed by atoms with Crippen molar-refractivity contribution in [2.75, 3.05) is 6.54 Å². The number of carbonyl (C=O) groups excluding carboxylic acids is 1. The van der Waals surface area contributed by atoms with Gasteiger partial charge in [0.15, 0.2) is 5.78 Å². The summed E-state index contributed by atoms with van der Waals surface area (Å²) >= 11 is 0. The topological polar surface area (TPSA) is 20.3 Å². The predicted octanol–water partition coefficient (Wildman–Crippen LogP) is 3.47. The minimum absolute atomic E-state index is 0.0134. The second-order valence-corrected chi connectivity index (χ2v) is 6.23. The Labute approximate surface area is 129 Å². The highest BCUT2D eigenvalue weighted by Crippen LogP contribution is 2.17. The molecule has 0 fully saturated rings. The van der Waals surface area contributed by atoms with Gasteiger partial charge in [-0.25, -0.2) is 0 Å². The number of terminal acetylenes is 1. The van der Waals surface area contributed by atoms with Crippen LogP contribution in [0, 0.1) is 25.2 Å². The van der Waals surface area contributed by atoms with Crippen molar-refractivity contribution in [2.24, 2.45) is 5.92 Å². The van der Waals surface area contributed by atoms with Crippen molar-refractivity contribution in [2.45, 2.75) is 53.1 Å². The van der Waals surface area contributed by atoms with Gasteiger partial charge < -0.3 is 0 Å². The van der Waals surface area contributed by atoms with E-state index in [0.29, 0.717) is 6.54 Å². The number of aryl methyl sites for hydroxylation is 1. The van der Waals surface area contributed by atoms with E-state index in [1.807, 2.05) is 13.8 Å². The first-order chi connectivity index (χ1) is 9.86. The fraction of sp³-hybridized carbons (Fsp3) is 0.526. The summed E-state index contributed by atoms with van der Waals surface area (Å²) in [5.41, 5.74) is 2.41. The van der Waals surface area contributed by atoms with Crippen LogP contribution in [0.5, 0.6) is 0 Å². The number of hydrogen-bond acceptors (Lipinski definition) is 2. The first-order valence-corrected chi connectivity index (χ1v) is 7.65. The Balaban J connectivity index is 3.04. The number of Topliss-reactive ketones (excluding diaryl/α,β-unsaturated/α-hetero) is 1. The molecule has 1 aromatic carbocycles. The van der Waals surface area contributed by atoms with Crippen LogP contribution in [0.2, 0.25) is 0 Å². The smallest absolute Gasteiger partial charge is 0.152 e. The van der Waals surface area contributed by atoms with Crippen molar-refractivity contribution in [3.05, 3.63) is 35.4 Å². The molecule has 2 nitrogen and oxygen atoms in total. The van der Waals surface area contributed by atoms with E-state index >= 15 is 0 Å². The molecule has 21 heavy (non-hydrogen) atoms. The maximum Gasteiger partial charge on any atom is 0.152 e. The van der Waals surface area contributed by atoms with Gasteiger partial charge in [0.05, 0.1) is 12.6 Å². The number of benzene rings is 1. The summed E-state index contributed by atoms with van der Waals surface area (Å²) in [6.07, 6.45) is 6.21. The summed E-state index contributed by atoms with van der Waals surface area (Å²) < 4.78 is 0. The Bertz CT molecular complexity index is 493. The van der Waals surface area contributed by atoms with E-state index < -0.39 is 0 Å². The summed E-state index contributed by atoms with van der Waals surface area (Å²) in [7, 11) is 0. The molecule has 0 radical (unpaired) electrons. The monoisotopic (exact) mass is 285 g/mol. The van der Waals surface area contributed by atoms with Crippen LogP contribution in [-0.2, 0) is 11.2 Å². The molecule has 0 aliphatic carbocycles. The van der Waals surface area contributed by atoms with Gasteiger partial charge >= 0.3 is 0 Å². The van der Waals surface area contributed by atoms with E-state index in [4.69, 9.17) is 6.42 Å². The van der Waals surface area contributed by atoms with Crippen molar-refractivity contribution in [3.63, 3.8) is 0 Å². The van der Waals surface area contributed by atoms with Gasteiger partial charge in [0, 0.05) is 12.0 Å². The minimum Gasteiger partial charge on any atom is -0.298 e. The highest BCUT2D eigenvalue weighted by molar-refractivity contribution is 5.86. The molecule has 0 spiro atoms. The molecule has 0 N–H and O–H groups in total. The van der Waals surface area contributed by atoms with Crippen LogP contribution in [0.25, 0.3) is 0 Å². The normalized spacial score (nSPS) is 12.7. The fourth-order valence-corrected chi connectivity index (χ4v) is 2.47. The van der Waals surface area contributed by atoms with E-state index in [-0.39, 0.29) is 23.8 Å². The highest BCUT2D eigenvalue weighted by Gasteiger charge is 2.29. The van der Waals surface area contributed by atoms with Crippen molar-refractivity contribution in [1.82, 2.24) is 4.90 Å². The van der Waals surface area contributed by atoms with E-state index in [9.17, 15) is 4.79 Å². The number of nitrogens with zero attached hydrogens (tertiary/aromatic N) is 1. The molecule has 2 heteroatoms. The van der Waals surface area contributed by atoms with Crippen LogP contribution >= 0.6 is 0 Å². The van der Waals surface area contributed by atoms with Crippen molar-refractivity contribution >= 4 is 5.78 Å². The van der Waals surface area contributed by atoms with Gasteiger partial charge in [-0.1, -0.05) is 49.6 Å². The highest BCUT2D eigenvalue weighted by atomic mass is 16.1. The van der Waals surface area contributed by atoms with Gasteiger partial charge in [-0.15, -0.1) is 6.42 Å². The molecule has 114 valence electrons. The molecular weight excluding hydrogens is 258 g/mol. The van der Waals surface area contributed by atoms with Crippen molar-refractivity contribution < 1.29 is 4.79 Å². The molecule has 0 saturated carbocycles. The number of rotatable bonds is 7. The quantitative estimate of drug-likeness (QED) is 0.715. The van der Waals surface area contributed by atoms with Crippen LogP contribution in [0.15, 0.2) is 24.3 Å². The lowest BCUT2D eigenvalue weighted by molar-refractivity contribution is -0.127. The lowest BCUT2D eigenvalue weighted by Crippen LogP contribution is -2.48. The Kier molecular flexibility index (Phi) is 6.65. The Morgan fingerprint density at radius 3 is 2.19 bits per heavy atom. The zero-order valence-electron chi connectivity index (χ0n) is 13.9. The van der Waals surface area contributed by atoms with Crippen LogP contribution in [-0.4, -0.2) is 29.3 Å². The molecule has 0 aromatic heterocycles. The summed E-state index contributed by atoms with van der Waals surface area (Å²) in [4.78, 5) is 14.8. The van der Waals surface area contributed by atoms with Gasteiger partial charge in [0.25, 0.3) is 0 Å². The Morgan fingerprint density at radius 2 is 1.76 bits per heavy atom. The molecule has 0 saturated heterocycles. The maximum atomic E-state index is 12.6. The molecule has 0 amide bonds. The van der Waals surface area contributed by atoms with E-state index in [0.717, 1.165) is 6.42 Å². The number of hydrogen-bond donors (Lipinski definition) is 0. The largest absolute Gasteiger partial charge is 0.298 e. The molecule has 1 aromatic rings. The summed E-state index contributed by atoms with van der Waals surface area (Å²) in [5.74, 6) is 2.97. The second-order valence-electron chi connectivity index (χ2n) is 6.23. The number of ketones is 1. The average Bonchev–Trinajstić information content (AvgIpc) is 2.43. The third-order valence-electron chi connectivity index (χ3n) is 3.78. The van der Waals surface area contributed by atoms with E-state index in [1.165, 1.54) is 11.1 Å². The molecule has 0 aliphatic rings. The molecular formula is C19H27NO. The van der Waals surface area contributed by atoms with Crippen LogP contribution in [0.3, 0.4) is 0 Å². The minimum atomic E-state index is -0.149. The molecule has 1 atom stereocenters. The zero-order valence-corrected chi connectivity index (χ0v) is 13.9. The first-order valence-electron chi connectivity index (χ1n) is 7.65. The summed E-state index contributed by atoms with van der Waals surface area (Å²) in [6.45, 7) is 10.7. The Morgan fingerprint density at radius 1 is 1.19 bits per heavy atom. The molecule has 0 heterocycles. The van der Waals surface area contributed by atoms with Gasteiger partial charge in [0.1, 0.15) is 0 Å². The third kappa shape index (κ3) is 5.02. The lowest BCUT2D eigenvalue weighted by Gasteiger charge is -2.33. The summed E-state index contributed by atoms with van der Waals surface area (Å²) in [6, 6.07) is 8.48. The van der Waals surface area contributed by atoms with Crippen LogP contribution < -0.4 is 0 Å². The molecule has 0 bridgehead atoms. The number of carbonyl (C=O) groups is 1. The third-order valence-corrected chi connectivity index (χ3v) is 3.78. The summed E-state index contributed by atoms with van der Waals surface area (Å²) in [5, 5.41) is 0. The van der Waals surface area contributed by atoms with Gasteiger partial charge in [-0.05, 0) is 32.8 Å². The molecule has 0 unspecified atom stereocenters. The first kappa shape index (κ1) is 17.5. The average molecular weight is 285 g/mol. The SMILES string of the molecule is C#CCN(C(C)C)[C@@H](Cc1ccc(C)cc1)C(=O)C(C)C. The maximum absolute atomic E-state index is 12.6. The van der Waals surface area contributed by atoms with Gasteiger partial charge in [-0.3, -0.25) is 9.69 Å². The molecule has 1 rings (SSSR count). The standard InChI is InChI=1S/C19H27NO/c1-7-12-20(15(4)5)18(19(21)14(2)3)13-17-10-8-16(6)9-11-17/h1,8-11,14-15,18H,12-13H2,2-6H3/t18-/m0/s1. The van der Waals surface area contributed by atoms with Gasteiger partial charge in [-0.2, -0.15) is 0 Å². The van der Waals surface area contributed by atoms with Crippen molar-refractivity contribution in [1.29, 1.82) is 0 Å². The predicted molar refractivity (Wildman–Crippen MR) is 89.2 cm³/mol. The fourth-order valence-electron chi connectivity index (χ4n) is 2.47. The van der Waals surface area contributed by atoms with Crippen LogP contribution in [0.4, 0.5) is 0 Å². The zero-order chi connectivity index (χ0) is 16.0. The lowest BCUT2D eigenvalue weighted by atomic mass is 9.93. The molecule has 0 aliphatic heterocycles.